The van der Waals surface area contributed by atoms with Gasteiger partial charge in [-0.15, -0.1) is 0 Å². The summed E-state index contributed by atoms with van der Waals surface area (Å²) in [7, 11) is -3.99. The maximum atomic E-state index is 13.4. The molecule has 0 radical (unpaired) electrons. The summed E-state index contributed by atoms with van der Waals surface area (Å²) in [6.45, 7) is 38.2. The van der Waals surface area contributed by atoms with Crippen molar-refractivity contribution in [2.24, 2.45) is 28.6 Å². The zero-order valence-corrected chi connectivity index (χ0v) is 37.3. The average molecular weight is 738 g/mol. The second-order valence-corrected chi connectivity index (χ2v) is 29.5. The molecule has 0 aromatic carbocycles. The van der Waals surface area contributed by atoms with Crippen LogP contribution < -0.4 is 0 Å². The third-order valence-electron chi connectivity index (χ3n) is 14.6. The molecular weight excluding hydrogens is 663 g/mol. The van der Waals surface area contributed by atoms with E-state index >= 15 is 0 Å². The number of fused-ring (bicyclic) bond motifs is 1. The van der Waals surface area contributed by atoms with Crippen molar-refractivity contribution in [3.05, 3.63) is 47.6 Å². The number of ketones is 1. The Labute approximate surface area is 315 Å². The number of hydrogen-bond acceptors (Lipinski definition) is 4. The van der Waals surface area contributed by atoms with Gasteiger partial charge in [0.15, 0.2) is 22.4 Å². The van der Waals surface area contributed by atoms with Gasteiger partial charge >= 0.3 is 0 Å². The highest BCUT2D eigenvalue weighted by Gasteiger charge is 2.56. The SMILES string of the molecule is C=C1/C(=C/C=C2\CCC[C@]3(C)[C@@H]([C@H](C)/C=C/C(=O)C4(C(=O)N(CC)CC)CC4)CC[C@@H]23)C[C@@H](O[Si](C)(C)C(C)(C)C)C[C@@H]1O[Si](C)(C)C(C)(C)C. The maximum absolute atomic E-state index is 13.4. The lowest BCUT2D eigenvalue weighted by Gasteiger charge is -2.45. The van der Waals surface area contributed by atoms with Gasteiger partial charge in [-0.25, -0.2) is 0 Å². The van der Waals surface area contributed by atoms with Crippen molar-refractivity contribution in [2.75, 3.05) is 13.1 Å². The first-order chi connectivity index (χ1) is 23.4. The Morgan fingerprint density at radius 2 is 1.53 bits per heavy atom. The molecule has 0 aromatic rings. The number of amides is 1. The summed E-state index contributed by atoms with van der Waals surface area (Å²) < 4.78 is 14.2. The molecule has 51 heavy (non-hydrogen) atoms. The smallest absolute Gasteiger partial charge is 0.236 e. The van der Waals surface area contributed by atoms with E-state index in [-0.39, 0.29) is 39.4 Å². The fourth-order valence-electron chi connectivity index (χ4n) is 8.95. The molecule has 0 spiro atoms. The lowest BCUT2D eigenvalue weighted by molar-refractivity contribution is -0.141. The summed E-state index contributed by atoms with van der Waals surface area (Å²) in [4.78, 5) is 28.4. The minimum atomic E-state index is -2.02. The molecule has 288 valence electrons. The summed E-state index contributed by atoms with van der Waals surface area (Å²) in [6.07, 6.45) is 18.0. The molecule has 0 unspecified atom stereocenters. The Kier molecular flexibility index (Phi) is 12.7. The lowest BCUT2D eigenvalue weighted by atomic mass is 9.61. The van der Waals surface area contributed by atoms with E-state index in [2.05, 4.69) is 106 Å². The van der Waals surface area contributed by atoms with Crippen LogP contribution in [0.25, 0.3) is 0 Å². The molecule has 4 rings (SSSR count). The predicted octanol–water partition coefficient (Wildman–Crippen LogP) is 11.6. The summed E-state index contributed by atoms with van der Waals surface area (Å²) in [5, 5.41) is 0.274. The number of hydrogen-bond donors (Lipinski definition) is 0. The fraction of sp³-hybridized carbons (Fsp3) is 0.773. The molecule has 0 aromatic heterocycles. The van der Waals surface area contributed by atoms with Gasteiger partial charge in [-0.1, -0.05) is 85.8 Å². The second-order valence-electron chi connectivity index (χ2n) is 20.0. The van der Waals surface area contributed by atoms with Crippen LogP contribution in [0.1, 0.15) is 127 Å². The number of allylic oxidation sites excluding steroid dienone is 5. The van der Waals surface area contributed by atoms with Gasteiger partial charge in [0.2, 0.25) is 5.91 Å². The van der Waals surface area contributed by atoms with E-state index in [1.165, 1.54) is 31.3 Å². The second kappa shape index (κ2) is 15.3. The molecule has 6 atom stereocenters. The van der Waals surface area contributed by atoms with Crippen LogP contribution in [0.5, 0.6) is 0 Å². The van der Waals surface area contributed by atoms with Crippen molar-refractivity contribution in [1.29, 1.82) is 0 Å². The summed E-state index contributed by atoms with van der Waals surface area (Å²) >= 11 is 0. The number of carbonyl (C=O) groups excluding carboxylic acids is 2. The zero-order valence-electron chi connectivity index (χ0n) is 35.3. The summed E-state index contributed by atoms with van der Waals surface area (Å²) in [5.74, 6) is 1.40. The molecule has 4 saturated carbocycles. The molecule has 4 fully saturated rings. The van der Waals surface area contributed by atoms with Crippen LogP contribution in [0.15, 0.2) is 47.6 Å². The first-order valence-electron chi connectivity index (χ1n) is 20.4. The van der Waals surface area contributed by atoms with Gasteiger partial charge in [-0.05, 0) is 142 Å². The third-order valence-corrected chi connectivity index (χ3v) is 23.7. The lowest BCUT2D eigenvalue weighted by Crippen LogP contribution is -2.49. The van der Waals surface area contributed by atoms with Crippen LogP contribution in [0.2, 0.25) is 36.3 Å². The van der Waals surface area contributed by atoms with Crippen LogP contribution in [-0.2, 0) is 18.4 Å². The van der Waals surface area contributed by atoms with Crippen molar-refractivity contribution in [2.45, 2.75) is 175 Å². The van der Waals surface area contributed by atoms with Crippen LogP contribution in [0.4, 0.5) is 0 Å². The Balaban J connectivity index is 1.55. The normalized spacial score (nSPS) is 30.9. The van der Waals surface area contributed by atoms with Crippen molar-refractivity contribution >= 4 is 28.3 Å². The zero-order chi connectivity index (χ0) is 38.4. The molecule has 7 heteroatoms. The Morgan fingerprint density at radius 3 is 2.08 bits per heavy atom. The number of rotatable bonds is 12. The molecule has 0 N–H and O–H groups in total. The molecule has 0 saturated heterocycles. The van der Waals surface area contributed by atoms with Crippen LogP contribution in [-0.4, -0.2) is 58.5 Å². The van der Waals surface area contributed by atoms with Gasteiger partial charge in [0.25, 0.3) is 0 Å². The Bertz CT molecular complexity index is 1400. The van der Waals surface area contributed by atoms with E-state index in [0.29, 0.717) is 43.7 Å². The van der Waals surface area contributed by atoms with Crippen molar-refractivity contribution in [3.63, 3.8) is 0 Å². The van der Waals surface area contributed by atoms with Crippen LogP contribution in [0, 0.1) is 28.6 Å². The van der Waals surface area contributed by atoms with E-state index in [9.17, 15) is 9.59 Å². The molecule has 0 bridgehead atoms. The molecule has 0 aliphatic heterocycles. The summed E-state index contributed by atoms with van der Waals surface area (Å²) in [6, 6.07) is 0. The van der Waals surface area contributed by atoms with E-state index < -0.39 is 22.0 Å². The molecule has 1 amide bonds. The molecule has 4 aliphatic carbocycles. The van der Waals surface area contributed by atoms with E-state index in [4.69, 9.17) is 8.85 Å². The third kappa shape index (κ3) is 8.73. The summed E-state index contributed by atoms with van der Waals surface area (Å²) in [5.41, 5.74) is 3.42. The predicted molar refractivity (Wildman–Crippen MR) is 220 cm³/mol. The minimum Gasteiger partial charge on any atom is -0.413 e. The van der Waals surface area contributed by atoms with Crippen molar-refractivity contribution in [3.8, 4) is 0 Å². The van der Waals surface area contributed by atoms with Gasteiger partial charge in [0.1, 0.15) is 5.41 Å². The van der Waals surface area contributed by atoms with Crippen LogP contribution in [0.3, 0.4) is 0 Å². The standard InChI is InChI=1S/C44H75NO4Si2/c1-16-45(17-2)40(47)44(27-28-44)39(46)25-20-31(3)36-23-24-37-33(19-18-26-43(36,37)11)21-22-34-29-35(48-50(12,13)41(5,6)7)30-38(32(34)4)49-51(14,15)42(8,9)10/h20-22,25,31,35-38H,4,16-19,23-24,26-30H2,1-3,5-15H3/b25-20+,33-21+,34-22+/t31-,35-,36-,37+,38+,43-/m1/s1. The topological polar surface area (TPSA) is 55.8 Å². The maximum Gasteiger partial charge on any atom is 0.236 e. The van der Waals surface area contributed by atoms with Gasteiger partial charge in [-0.3, -0.25) is 9.59 Å². The average Bonchev–Trinajstić information content (AvgIpc) is 3.75. The fourth-order valence-corrected chi connectivity index (χ4v) is 11.6. The minimum absolute atomic E-state index is 0.0148. The first-order valence-corrected chi connectivity index (χ1v) is 26.2. The van der Waals surface area contributed by atoms with E-state index in [1.54, 1.807) is 11.6 Å². The van der Waals surface area contributed by atoms with Gasteiger partial charge < -0.3 is 13.8 Å². The molecule has 0 heterocycles. The molecular formula is C44H75NO4Si2. The largest absolute Gasteiger partial charge is 0.413 e. The number of carbonyl (C=O) groups is 2. The van der Waals surface area contributed by atoms with Crippen molar-refractivity contribution in [1.82, 2.24) is 4.90 Å². The molecule has 4 aliphatic rings. The first kappa shape index (κ1) is 42.2. The monoisotopic (exact) mass is 738 g/mol. The van der Waals surface area contributed by atoms with Crippen LogP contribution >= 0.6 is 0 Å². The number of nitrogens with zero attached hydrogens (tertiary/aromatic N) is 1. The highest BCUT2D eigenvalue weighted by molar-refractivity contribution is 6.74. The highest BCUT2D eigenvalue weighted by Crippen LogP contribution is 2.60. The van der Waals surface area contributed by atoms with Crippen molar-refractivity contribution < 1.29 is 18.4 Å². The van der Waals surface area contributed by atoms with E-state index in [0.717, 1.165) is 24.8 Å². The molecule has 5 nitrogen and oxygen atoms in total. The highest BCUT2D eigenvalue weighted by atomic mass is 28.4. The van der Waals surface area contributed by atoms with Gasteiger partial charge in [0.05, 0.1) is 12.2 Å². The van der Waals surface area contributed by atoms with Gasteiger partial charge in [0, 0.05) is 19.5 Å². The van der Waals surface area contributed by atoms with E-state index in [1.807, 2.05) is 18.7 Å². The quantitative estimate of drug-likeness (QED) is 0.114. The van der Waals surface area contributed by atoms with Gasteiger partial charge in [-0.2, -0.15) is 0 Å². The Morgan fingerprint density at radius 1 is 0.941 bits per heavy atom. The Hall–Kier alpha value is -1.55.